The molecule has 0 aliphatic rings. The van der Waals surface area contributed by atoms with E-state index in [1.165, 1.54) is 16.7 Å². The zero-order valence-electron chi connectivity index (χ0n) is 52.8. The van der Waals surface area contributed by atoms with Crippen LogP contribution in [0.5, 0.6) is 23.0 Å². The third-order valence-electron chi connectivity index (χ3n) is 14.2. The van der Waals surface area contributed by atoms with E-state index in [0.29, 0.717) is 99.3 Å². The van der Waals surface area contributed by atoms with Gasteiger partial charge in [-0.25, -0.2) is 9.59 Å². The predicted octanol–water partition coefficient (Wildman–Crippen LogP) is 19.8. The molecule has 0 spiro atoms. The summed E-state index contributed by atoms with van der Waals surface area (Å²) in [5.74, 6) is 0.912. The number of hydrogen-bond donors (Lipinski definition) is 0. The highest BCUT2D eigenvalue weighted by Crippen LogP contribution is 2.27. The smallest absolute Gasteiger partial charge is 0.343 e. The molecule has 5 aromatic carbocycles. The van der Waals surface area contributed by atoms with Gasteiger partial charge in [-0.2, -0.15) is 0 Å². The van der Waals surface area contributed by atoms with E-state index in [1.54, 1.807) is 61.5 Å². The number of esters is 6. The van der Waals surface area contributed by atoms with E-state index < -0.39 is 11.9 Å². The molecule has 0 atom stereocenters. The zero-order valence-corrected chi connectivity index (χ0v) is 52.8. The molecule has 0 aromatic heterocycles. The number of ether oxygens (including phenoxy) is 8. The lowest BCUT2D eigenvalue weighted by atomic mass is 10.0. The Morgan fingerprint density at radius 1 is 0.319 bits per heavy atom. The van der Waals surface area contributed by atoms with Crippen LogP contribution in [-0.2, 0) is 51.0 Å². The van der Waals surface area contributed by atoms with E-state index >= 15 is 0 Å². The Morgan fingerprint density at radius 3 is 0.978 bits per heavy atom. The second-order valence-corrected chi connectivity index (χ2v) is 21.9. The topological polar surface area (TPSA) is 176 Å². The molecule has 91 heavy (non-hydrogen) atoms. The lowest BCUT2D eigenvalue weighted by molar-refractivity contribution is -0.144. The van der Waals surface area contributed by atoms with E-state index in [2.05, 4.69) is 36.4 Å². The minimum absolute atomic E-state index is 0. The molecule has 0 fully saturated rings. The van der Waals surface area contributed by atoms with Gasteiger partial charge in [0.25, 0.3) is 0 Å². The average Bonchev–Trinajstić information content (AvgIpc) is 1.62. The first-order valence-corrected chi connectivity index (χ1v) is 32.2. The standard InChI is InChI=1S/C41H52O9.C32H46O5.4CH4/c1-4-14-38(42)47-28-12-7-6-10-16-32-17-19-33(20-18-32)40(44)49-36-25-26-37(31(3)30-36)50-41(45)34-21-23-35(24-22-34)46-27-11-8-9-13-29-48-39(43)15-5-2;1-3-13-31(33)36-25-11-6-5-9-15-27-16-18-28(19-17-27)29-20-22-30(23-21-29)35-24-10-7-8-12-26-37-32(34)14-4-2;;;;/h17-26,30H,4-16,27-29H2,1-3H3;16-23H,3-15,24-26H2,1-2H3;4*1H4. The van der Waals surface area contributed by atoms with E-state index in [-0.39, 0.29) is 53.6 Å². The molecule has 0 aliphatic heterocycles. The van der Waals surface area contributed by atoms with E-state index in [9.17, 15) is 28.8 Å². The van der Waals surface area contributed by atoms with Crippen molar-refractivity contribution < 1.29 is 66.7 Å². The fraction of sp³-hybridized carbons (Fsp3) is 0.532. The number of unbranched alkanes of at least 4 members (excludes halogenated alkanes) is 12. The van der Waals surface area contributed by atoms with E-state index in [0.717, 1.165) is 153 Å². The zero-order chi connectivity index (χ0) is 62.5. The second kappa shape index (κ2) is 52.2. The minimum Gasteiger partial charge on any atom is -0.494 e. The molecule has 0 heterocycles. The number of aryl methyl sites for hydroxylation is 3. The van der Waals surface area contributed by atoms with Crippen LogP contribution >= 0.6 is 0 Å². The summed E-state index contributed by atoms with van der Waals surface area (Å²) in [6.45, 7) is 13.0. The SMILES string of the molecule is C.C.C.C.CCCC(=O)OCCCCCCOc1ccc(-c2ccc(CCCCCCOC(=O)CCC)cc2)cc1.CCCC(=O)OCCCCCCOc1ccc(C(=O)Oc2ccc(OC(=O)c3ccc(CCCCCCOC(=O)CCC)cc3)cc2C)cc1. The highest BCUT2D eigenvalue weighted by atomic mass is 16.6. The van der Waals surface area contributed by atoms with Gasteiger partial charge < -0.3 is 37.9 Å². The molecular formula is C77H114O14. The van der Waals surface area contributed by atoms with Crippen LogP contribution in [0.4, 0.5) is 0 Å². The minimum atomic E-state index is -0.503. The molecule has 0 aliphatic carbocycles. The van der Waals surface area contributed by atoms with Gasteiger partial charge in [-0.05, 0) is 217 Å². The largest absolute Gasteiger partial charge is 0.494 e. The molecule has 5 rings (SSSR count). The van der Waals surface area contributed by atoms with Crippen LogP contribution in [0.1, 0.15) is 249 Å². The van der Waals surface area contributed by atoms with Crippen molar-refractivity contribution in [1.29, 1.82) is 0 Å². The molecule has 5 aromatic rings. The number of carbonyl (C=O) groups is 6. The average molecular weight is 1260 g/mol. The molecule has 14 nitrogen and oxygen atoms in total. The molecule has 0 saturated heterocycles. The number of hydrogen-bond acceptors (Lipinski definition) is 14. The van der Waals surface area contributed by atoms with Crippen molar-refractivity contribution in [2.45, 2.75) is 231 Å². The van der Waals surface area contributed by atoms with Crippen molar-refractivity contribution in [2.75, 3.05) is 39.6 Å². The number of benzene rings is 5. The van der Waals surface area contributed by atoms with Gasteiger partial charge in [0.05, 0.1) is 50.8 Å². The summed E-state index contributed by atoms with van der Waals surface area (Å²) < 4.78 is 43.6. The predicted molar refractivity (Wildman–Crippen MR) is 369 cm³/mol. The van der Waals surface area contributed by atoms with Crippen LogP contribution in [0.15, 0.2) is 115 Å². The first-order chi connectivity index (χ1) is 42.4. The van der Waals surface area contributed by atoms with Gasteiger partial charge >= 0.3 is 35.8 Å². The number of carbonyl (C=O) groups excluding carboxylic acids is 6. The van der Waals surface area contributed by atoms with Crippen LogP contribution in [-0.4, -0.2) is 75.5 Å². The van der Waals surface area contributed by atoms with Gasteiger partial charge in [-0.15, -0.1) is 0 Å². The lowest BCUT2D eigenvalue weighted by Gasteiger charge is -2.11. The molecule has 0 N–H and O–H groups in total. The molecule has 506 valence electrons. The maximum atomic E-state index is 12.8. The van der Waals surface area contributed by atoms with E-state index in [1.807, 2.05) is 52.0 Å². The first kappa shape index (κ1) is 83.5. The van der Waals surface area contributed by atoms with Crippen molar-refractivity contribution in [3.63, 3.8) is 0 Å². The van der Waals surface area contributed by atoms with Gasteiger partial charge in [0.15, 0.2) is 0 Å². The summed E-state index contributed by atoms with van der Waals surface area (Å²) >= 11 is 0. The van der Waals surface area contributed by atoms with Crippen molar-refractivity contribution in [3.05, 3.63) is 143 Å². The monoisotopic (exact) mass is 1260 g/mol. The number of rotatable bonds is 43. The maximum absolute atomic E-state index is 12.8. The molecule has 0 bridgehead atoms. The van der Waals surface area contributed by atoms with Crippen molar-refractivity contribution in [2.24, 2.45) is 0 Å². The van der Waals surface area contributed by atoms with Crippen molar-refractivity contribution in [1.82, 2.24) is 0 Å². The van der Waals surface area contributed by atoms with Crippen LogP contribution in [0.3, 0.4) is 0 Å². The Kier molecular flexibility index (Phi) is 47.9. The second-order valence-electron chi connectivity index (χ2n) is 21.9. The van der Waals surface area contributed by atoms with Crippen LogP contribution in [0, 0.1) is 6.92 Å². The Morgan fingerprint density at radius 2 is 0.615 bits per heavy atom. The molecule has 14 heteroatoms. The van der Waals surface area contributed by atoms with Gasteiger partial charge in [0, 0.05) is 25.7 Å². The summed E-state index contributed by atoms with van der Waals surface area (Å²) in [4.78, 5) is 71.0. The third-order valence-corrected chi connectivity index (χ3v) is 14.2. The molecule has 0 saturated carbocycles. The van der Waals surface area contributed by atoms with Gasteiger partial charge in [0.1, 0.15) is 23.0 Å². The fourth-order valence-corrected chi connectivity index (χ4v) is 9.14. The fourth-order valence-electron chi connectivity index (χ4n) is 9.14. The van der Waals surface area contributed by atoms with Gasteiger partial charge in [-0.3, -0.25) is 19.2 Å². The van der Waals surface area contributed by atoms with Crippen LogP contribution < -0.4 is 18.9 Å². The Bertz CT molecular complexity index is 2720. The lowest BCUT2D eigenvalue weighted by Crippen LogP contribution is -2.10. The quantitative estimate of drug-likeness (QED) is 0.0156. The van der Waals surface area contributed by atoms with Crippen molar-refractivity contribution >= 4 is 35.8 Å². The highest BCUT2D eigenvalue weighted by Gasteiger charge is 2.15. The Hall–Kier alpha value is -7.48. The summed E-state index contributed by atoms with van der Waals surface area (Å²) in [6.07, 6.45) is 23.3. The van der Waals surface area contributed by atoms with Crippen LogP contribution in [0.25, 0.3) is 11.1 Å². The maximum Gasteiger partial charge on any atom is 0.343 e. The van der Waals surface area contributed by atoms with Crippen LogP contribution in [0.2, 0.25) is 0 Å². The van der Waals surface area contributed by atoms with Crippen molar-refractivity contribution in [3.8, 4) is 34.1 Å². The summed E-state index contributed by atoms with van der Waals surface area (Å²) in [6, 6.07) is 36.2. The summed E-state index contributed by atoms with van der Waals surface area (Å²) in [5.41, 5.74) is 6.39. The normalized spacial score (nSPS) is 10.3. The molecule has 0 unspecified atom stereocenters. The first-order valence-electron chi connectivity index (χ1n) is 32.2. The van der Waals surface area contributed by atoms with Gasteiger partial charge in [0.2, 0.25) is 0 Å². The molecule has 0 radical (unpaired) electrons. The summed E-state index contributed by atoms with van der Waals surface area (Å²) in [5, 5.41) is 0. The summed E-state index contributed by atoms with van der Waals surface area (Å²) in [7, 11) is 0. The molecular weight excluding hydrogens is 1150 g/mol. The highest BCUT2D eigenvalue weighted by molar-refractivity contribution is 5.92. The van der Waals surface area contributed by atoms with Gasteiger partial charge in [-0.1, -0.05) is 132 Å². The Labute approximate surface area is 548 Å². The molecule has 0 amide bonds. The van der Waals surface area contributed by atoms with E-state index in [4.69, 9.17) is 37.9 Å². The Balaban J connectivity index is 0.00000177. The third kappa shape index (κ3) is 37.5.